The molecule has 3 aromatic rings. The van der Waals surface area contributed by atoms with Crippen LogP contribution in [-0.2, 0) is 12.8 Å². The summed E-state index contributed by atoms with van der Waals surface area (Å²) < 4.78 is 1.69. The van der Waals surface area contributed by atoms with Crippen molar-refractivity contribution in [2.24, 2.45) is 5.92 Å². The third kappa shape index (κ3) is 2.44. The first-order valence-electron chi connectivity index (χ1n) is 9.15. The average Bonchev–Trinajstić information content (AvgIpc) is 3.22. The molecule has 7 heteroatoms. The summed E-state index contributed by atoms with van der Waals surface area (Å²) in [5.41, 5.74) is 2.16. The van der Waals surface area contributed by atoms with Crippen LogP contribution in [0.2, 0.25) is 0 Å². The van der Waals surface area contributed by atoms with Gasteiger partial charge in [0.05, 0.1) is 5.39 Å². The molecule has 1 aliphatic carbocycles. The quantitative estimate of drug-likeness (QED) is 0.673. The summed E-state index contributed by atoms with van der Waals surface area (Å²) in [6, 6.07) is 0. The second-order valence-electron chi connectivity index (χ2n) is 7.33. The number of thiophene rings is 1. The van der Waals surface area contributed by atoms with Gasteiger partial charge in [0, 0.05) is 18.0 Å². The van der Waals surface area contributed by atoms with Crippen LogP contribution in [0.4, 0.5) is 0 Å². The maximum atomic E-state index is 12.8. The van der Waals surface area contributed by atoms with Crippen molar-refractivity contribution in [1.29, 1.82) is 0 Å². The highest BCUT2D eigenvalue weighted by atomic mass is 32.1. The highest BCUT2D eigenvalue weighted by Crippen LogP contribution is 2.38. The summed E-state index contributed by atoms with van der Waals surface area (Å²) >= 11 is 1.77. The van der Waals surface area contributed by atoms with Crippen LogP contribution in [0.25, 0.3) is 15.9 Å². The molecule has 4 heterocycles. The van der Waals surface area contributed by atoms with Gasteiger partial charge < -0.3 is 4.90 Å². The number of aryl methyl sites for hydroxylation is 1. The number of hydrogen-bond acceptors (Lipinski definition) is 5. The van der Waals surface area contributed by atoms with Crippen LogP contribution < -0.4 is 0 Å². The molecule has 1 atom stereocenters. The predicted molar refractivity (Wildman–Crippen MR) is 97.1 cm³/mol. The van der Waals surface area contributed by atoms with E-state index in [2.05, 4.69) is 22.0 Å². The Balaban J connectivity index is 1.63. The molecule has 25 heavy (non-hydrogen) atoms. The lowest BCUT2D eigenvalue weighted by atomic mass is 9.89. The van der Waals surface area contributed by atoms with E-state index in [1.807, 2.05) is 4.90 Å². The molecule has 5 rings (SSSR count). The lowest BCUT2D eigenvalue weighted by Gasteiger charge is -2.25. The molecule has 0 radical (unpaired) electrons. The molecule has 3 aromatic heterocycles. The summed E-state index contributed by atoms with van der Waals surface area (Å²) in [6.07, 6.45) is 8.47. The molecule has 0 unspecified atom stereocenters. The second kappa shape index (κ2) is 5.76. The van der Waals surface area contributed by atoms with Crippen LogP contribution in [0.1, 0.15) is 53.7 Å². The summed E-state index contributed by atoms with van der Waals surface area (Å²) in [5.74, 6) is 0.942. The third-order valence-electron chi connectivity index (χ3n) is 5.46. The van der Waals surface area contributed by atoms with Crippen LogP contribution in [0.5, 0.6) is 0 Å². The van der Waals surface area contributed by atoms with E-state index in [9.17, 15) is 4.79 Å². The SMILES string of the molecule is C[C@@H]1CCc2sc3ncn4nc(C(=O)N5CCCCC5)nc4c3c2C1. The van der Waals surface area contributed by atoms with Crippen molar-refractivity contribution in [1.82, 2.24) is 24.5 Å². The van der Waals surface area contributed by atoms with E-state index >= 15 is 0 Å². The van der Waals surface area contributed by atoms with Gasteiger partial charge in [0.2, 0.25) is 5.82 Å². The first-order valence-corrected chi connectivity index (χ1v) is 9.97. The maximum absolute atomic E-state index is 12.8. The number of rotatable bonds is 1. The van der Waals surface area contributed by atoms with Crippen molar-refractivity contribution in [2.45, 2.75) is 45.4 Å². The van der Waals surface area contributed by atoms with Gasteiger partial charge in [-0.1, -0.05) is 6.92 Å². The second-order valence-corrected chi connectivity index (χ2v) is 8.42. The fourth-order valence-electron chi connectivity index (χ4n) is 4.08. The zero-order valence-corrected chi connectivity index (χ0v) is 15.2. The van der Waals surface area contributed by atoms with Gasteiger partial charge in [0.1, 0.15) is 11.2 Å². The number of likely N-dealkylation sites (tertiary alicyclic amines) is 1. The molecule has 0 N–H and O–H groups in total. The normalized spacial score (nSPS) is 21.0. The zero-order valence-electron chi connectivity index (χ0n) is 14.4. The topological polar surface area (TPSA) is 63.4 Å². The van der Waals surface area contributed by atoms with Crippen LogP contribution in [-0.4, -0.2) is 43.5 Å². The fraction of sp³-hybridized carbons (Fsp3) is 0.556. The molecule has 2 aliphatic rings. The summed E-state index contributed by atoms with van der Waals surface area (Å²) in [6.45, 7) is 3.93. The monoisotopic (exact) mass is 355 g/mol. The van der Waals surface area contributed by atoms with Crippen molar-refractivity contribution >= 4 is 33.1 Å². The van der Waals surface area contributed by atoms with Gasteiger partial charge >= 0.3 is 0 Å². The molecule has 0 aromatic carbocycles. The van der Waals surface area contributed by atoms with Crippen molar-refractivity contribution in [3.63, 3.8) is 0 Å². The number of nitrogens with zero attached hydrogens (tertiary/aromatic N) is 5. The van der Waals surface area contributed by atoms with Crippen LogP contribution >= 0.6 is 11.3 Å². The Bertz CT molecular complexity index is 969. The van der Waals surface area contributed by atoms with Gasteiger partial charge in [-0.25, -0.2) is 14.5 Å². The molecule has 0 spiro atoms. The Kier molecular flexibility index (Phi) is 3.51. The van der Waals surface area contributed by atoms with E-state index in [1.165, 1.54) is 23.3 Å². The minimum atomic E-state index is -0.0472. The van der Waals surface area contributed by atoms with Crippen molar-refractivity contribution in [3.8, 4) is 0 Å². The lowest BCUT2D eigenvalue weighted by molar-refractivity contribution is 0.0712. The number of piperidine rings is 1. The molecule has 6 nitrogen and oxygen atoms in total. The molecular weight excluding hydrogens is 334 g/mol. The van der Waals surface area contributed by atoms with Gasteiger partial charge in [-0.05, 0) is 50.0 Å². The van der Waals surface area contributed by atoms with Crippen LogP contribution in [0.15, 0.2) is 6.33 Å². The van der Waals surface area contributed by atoms with Crippen LogP contribution in [0.3, 0.4) is 0 Å². The number of fused-ring (bicyclic) bond motifs is 5. The van der Waals surface area contributed by atoms with Crippen molar-refractivity contribution in [3.05, 3.63) is 22.6 Å². The fourth-order valence-corrected chi connectivity index (χ4v) is 5.25. The molecule has 1 fully saturated rings. The van der Waals surface area contributed by atoms with Crippen molar-refractivity contribution in [2.75, 3.05) is 13.1 Å². The Morgan fingerprint density at radius 1 is 1.28 bits per heavy atom. The average molecular weight is 355 g/mol. The van der Waals surface area contributed by atoms with E-state index < -0.39 is 0 Å². The molecular formula is C18H21N5OS. The van der Waals surface area contributed by atoms with E-state index in [1.54, 1.807) is 22.2 Å². The number of hydrogen-bond donors (Lipinski definition) is 0. The number of aromatic nitrogens is 4. The third-order valence-corrected chi connectivity index (χ3v) is 6.66. The van der Waals surface area contributed by atoms with Gasteiger partial charge in [-0.3, -0.25) is 4.79 Å². The van der Waals surface area contributed by atoms with E-state index in [0.717, 1.165) is 54.6 Å². The molecule has 1 amide bonds. The number of carbonyl (C=O) groups is 1. The Labute approximate surface area is 149 Å². The van der Waals surface area contributed by atoms with Gasteiger partial charge in [-0.15, -0.1) is 16.4 Å². The first-order chi connectivity index (χ1) is 12.2. The minimum Gasteiger partial charge on any atom is -0.336 e. The lowest BCUT2D eigenvalue weighted by Crippen LogP contribution is -2.36. The predicted octanol–water partition coefficient (Wildman–Crippen LogP) is 3.09. The largest absolute Gasteiger partial charge is 0.336 e. The standard InChI is InChI=1S/C18H21N5OS/c1-11-5-6-13-12(9-11)14-16-20-15(18(24)22-7-3-2-4-8-22)21-23(16)10-19-17(14)25-13/h10-11H,2-9H2,1H3/t11-/m1/s1. The number of carbonyl (C=O) groups excluding carboxylic acids is 1. The maximum Gasteiger partial charge on any atom is 0.293 e. The van der Waals surface area contributed by atoms with Crippen LogP contribution in [0, 0.1) is 5.92 Å². The van der Waals surface area contributed by atoms with E-state index in [-0.39, 0.29) is 5.91 Å². The van der Waals surface area contributed by atoms with Gasteiger partial charge in [0.25, 0.3) is 5.91 Å². The zero-order chi connectivity index (χ0) is 17.0. The molecule has 0 bridgehead atoms. The Morgan fingerprint density at radius 3 is 2.96 bits per heavy atom. The van der Waals surface area contributed by atoms with Crippen molar-refractivity contribution < 1.29 is 4.79 Å². The van der Waals surface area contributed by atoms with E-state index in [4.69, 9.17) is 0 Å². The minimum absolute atomic E-state index is 0.0472. The molecule has 0 saturated carbocycles. The highest BCUT2D eigenvalue weighted by molar-refractivity contribution is 7.19. The highest BCUT2D eigenvalue weighted by Gasteiger charge is 2.26. The molecule has 1 saturated heterocycles. The Morgan fingerprint density at radius 2 is 2.12 bits per heavy atom. The summed E-state index contributed by atoms with van der Waals surface area (Å²) in [5, 5.41) is 5.55. The van der Waals surface area contributed by atoms with Gasteiger partial charge in [0.15, 0.2) is 5.65 Å². The van der Waals surface area contributed by atoms with Gasteiger partial charge in [-0.2, -0.15) is 0 Å². The Hall–Kier alpha value is -2.02. The van der Waals surface area contributed by atoms with E-state index in [0.29, 0.717) is 11.7 Å². The molecule has 1 aliphatic heterocycles. The number of amides is 1. The smallest absolute Gasteiger partial charge is 0.293 e. The summed E-state index contributed by atoms with van der Waals surface area (Å²) in [7, 11) is 0. The first kappa shape index (κ1) is 15.3. The molecule has 130 valence electrons. The summed E-state index contributed by atoms with van der Waals surface area (Å²) in [4.78, 5) is 26.3.